The van der Waals surface area contributed by atoms with Crippen LogP contribution in [0.3, 0.4) is 0 Å². The molecule has 1 saturated carbocycles. The van der Waals surface area contributed by atoms with Gasteiger partial charge in [-0.05, 0) is 23.3 Å². The summed E-state index contributed by atoms with van der Waals surface area (Å²) in [5.74, 6) is -0.620. The Morgan fingerprint density at radius 3 is 2.75 bits per heavy atom. The van der Waals surface area contributed by atoms with Gasteiger partial charge in [0.1, 0.15) is 0 Å². The molecule has 1 heterocycles. The SMILES string of the molecule is Cn1cc(C2C(C(=O)NO)C2c2cccc(Cl)c2)cn1. The van der Waals surface area contributed by atoms with Crippen LogP contribution in [0.15, 0.2) is 36.7 Å². The van der Waals surface area contributed by atoms with Gasteiger partial charge in [-0.2, -0.15) is 5.10 Å². The maximum absolute atomic E-state index is 11.8. The van der Waals surface area contributed by atoms with Crippen molar-refractivity contribution in [3.05, 3.63) is 52.8 Å². The van der Waals surface area contributed by atoms with Crippen molar-refractivity contribution in [2.75, 3.05) is 0 Å². The van der Waals surface area contributed by atoms with Crippen LogP contribution in [0, 0.1) is 5.92 Å². The van der Waals surface area contributed by atoms with E-state index >= 15 is 0 Å². The maximum atomic E-state index is 11.8. The monoisotopic (exact) mass is 291 g/mol. The van der Waals surface area contributed by atoms with Gasteiger partial charge >= 0.3 is 0 Å². The molecule has 1 aliphatic rings. The molecular weight excluding hydrogens is 278 g/mol. The van der Waals surface area contributed by atoms with Crippen molar-refractivity contribution in [1.82, 2.24) is 15.3 Å². The molecule has 2 aromatic rings. The third kappa shape index (κ3) is 2.19. The molecule has 0 bridgehead atoms. The van der Waals surface area contributed by atoms with Crippen LogP contribution in [0.1, 0.15) is 23.0 Å². The van der Waals surface area contributed by atoms with E-state index < -0.39 is 0 Å². The molecule has 3 rings (SSSR count). The Balaban J connectivity index is 1.94. The predicted octanol–water partition coefficient (Wildman–Crippen LogP) is 2.08. The molecule has 5 nitrogen and oxygen atoms in total. The van der Waals surface area contributed by atoms with Crippen LogP contribution in [0.4, 0.5) is 0 Å². The Kier molecular flexibility index (Phi) is 3.23. The van der Waals surface area contributed by atoms with Gasteiger partial charge in [0.05, 0.1) is 12.1 Å². The Bertz CT molecular complexity index is 655. The molecule has 0 radical (unpaired) electrons. The highest BCUT2D eigenvalue weighted by Gasteiger charge is 2.56. The average Bonchev–Trinajstić information content (AvgIpc) is 3.05. The molecule has 20 heavy (non-hydrogen) atoms. The van der Waals surface area contributed by atoms with E-state index in [1.54, 1.807) is 22.4 Å². The number of aryl methyl sites for hydroxylation is 1. The molecule has 0 spiro atoms. The number of amides is 1. The first-order valence-corrected chi connectivity index (χ1v) is 6.67. The van der Waals surface area contributed by atoms with Gasteiger partial charge < -0.3 is 0 Å². The first kappa shape index (κ1) is 13.1. The first-order chi connectivity index (χ1) is 9.61. The van der Waals surface area contributed by atoms with Crippen molar-refractivity contribution in [1.29, 1.82) is 0 Å². The Labute approximate surface area is 121 Å². The number of aromatic nitrogens is 2. The number of carbonyl (C=O) groups excluding carboxylic acids is 1. The van der Waals surface area contributed by atoms with Crippen LogP contribution in [0.5, 0.6) is 0 Å². The lowest BCUT2D eigenvalue weighted by Crippen LogP contribution is -2.21. The molecule has 0 aliphatic heterocycles. The quantitative estimate of drug-likeness (QED) is 0.672. The summed E-state index contributed by atoms with van der Waals surface area (Å²) in [6, 6.07) is 7.47. The number of nitrogens with one attached hydrogen (secondary N) is 1. The van der Waals surface area contributed by atoms with Crippen LogP contribution in [0.2, 0.25) is 5.02 Å². The van der Waals surface area contributed by atoms with Crippen molar-refractivity contribution >= 4 is 17.5 Å². The standard InChI is InChI=1S/C14H14ClN3O2/c1-18-7-9(6-16-18)12-11(13(12)14(19)17-20)8-3-2-4-10(15)5-8/h2-7,11-13,20H,1H3,(H,17,19). The van der Waals surface area contributed by atoms with E-state index in [0.29, 0.717) is 5.02 Å². The fourth-order valence-corrected chi connectivity index (χ4v) is 3.07. The third-order valence-corrected chi connectivity index (χ3v) is 4.01. The van der Waals surface area contributed by atoms with E-state index in [2.05, 4.69) is 5.10 Å². The lowest BCUT2D eigenvalue weighted by Gasteiger charge is -2.00. The molecule has 6 heteroatoms. The fourth-order valence-electron chi connectivity index (χ4n) is 2.87. The summed E-state index contributed by atoms with van der Waals surface area (Å²) in [6.45, 7) is 0. The number of hydroxylamine groups is 1. The van der Waals surface area contributed by atoms with E-state index in [1.807, 2.05) is 31.4 Å². The van der Waals surface area contributed by atoms with Gasteiger partial charge in [-0.3, -0.25) is 14.7 Å². The van der Waals surface area contributed by atoms with E-state index in [4.69, 9.17) is 16.8 Å². The van der Waals surface area contributed by atoms with E-state index in [0.717, 1.165) is 11.1 Å². The number of rotatable bonds is 3. The highest BCUT2D eigenvalue weighted by atomic mass is 35.5. The zero-order valence-corrected chi connectivity index (χ0v) is 11.6. The predicted molar refractivity (Wildman–Crippen MR) is 73.6 cm³/mol. The number of carbonyl (C=O) groups is 1. The normalized spacial score (nSPS) is 24.4. The van der Waals surface area contributed by atoms with E-state index in [9.17, 15) is 4.79 Å². The minimum Gasteiger partial charge on any atom is -0.289 e. The van der Waals surface area contributed by atoms with Gasteiger partial charge in [0.2, 0.25) is 5.91 Å². The van der Waals surface area contributed by atoms with Crippen molar-refractivity contribution in [2.45, 2.75) is 11.8 Å². The molecule has 1 aromatic heterocycles. The summed E-state index contributed by atoms with van der Waals surface area (Å²) in [4.78, 5) is 11.8. The zero-order valence-electron chi connectivity index (χ0n) is 10.8. The van der Waals surface area contributed by atoms with Crippen molar-refractivity contribution in [3.8, 4) is 0 Å². The molecule has 3 atom stereocenters. The molecule has 3 unspecified atom stereocenters. The van der Waals surface area contributed by atoms with Crippen LogP contribution in [-0.4, -0.2) is 20.9 Å². The molecule has 1 fully saturated rings. The molecule has 104 valence electrons. The highest BCUT2D eigenvalue weighted by Crippen LogP contribution is 2.60. The van der Waals surface area contributed by atoms with Crippen LogP contribution in [-0.2, 0) is 11.8 Å². The van der Waals surface area contributed by atoms with Crippen molar-refractivity contribution in [3.63, 3.8) is 0 Å². The summed E-state index contributed by atoms with van der Waals surface area (Å²) < 4.78 is 1.70. The van der Waals surface area contributed by atoms with Gasteiger partial charge in [0.15, 0.2) is 0 Å². The minimum absolute atomic E-state index is 0.0186. The second kappa shape index (κ2) is 4.92. The Hall–Kier alpha value is -1.85. The van der Waals surface area contributed by atoms with Crippen LogP contribution >= 0.6 is 11.6 Å². The van der Waals surface area contributed by atoms with Crippen LogP contribution in [0.25, 0.3) is 0 Å². The number of halogens is 1. The number of benzene rings is 1. The largest absolute Gasteiger partial charge is 0.289 e. The second-order valence-corrected chi connectivity index (χ2v) is 5.49. The lowest BCUT2D eigenvalue weighted by molar-refractivity contribution is -0.130. The lowest BCUT2D eigenvalue weighted by atomic mass is 10.1. The molecule has 0 saturated heterocycles. The summed E-state index contributed by atoms with van der Waals surface area (Å²) in [5, 5.41) is 13.7. The maximum Gasteiger partial charge on any atom is 0.247 e. The topological polar surface area (TPSA) is 67.2 Å². The third-order valence-electron chi connectivity index (χ3n) is 3.78. The number of hydrogen-bond acceptors (Lipinski definition) is 3. The van der Waals surface area contributed by atoms with Crippen molar-refractivity contribution < 1.29 is 10.0 Å². The minimum atomic E-state index is -0.371. The van der Waals surface area contributed by atoms with Gasteiger partial charge in [-0.15, -0.1) is 0 Å². The van der Waals surface area contributed by atoms with Gasteiger partial charge in [0.25, 0.3) is 0 Å². The summed E-state index contributed by atoms with van der Waals surface area (Å²) in [5.41, 5.74) is 3.74. The number of hydrogen-bond donors (Lipinski definition) is 2. The second-order valence-electron chi connectivity index (χ2n) is 5.06. The smallest absolute Gasteiger partial charge is 0.247 e. The first-order valence-electron chi connectivity index (χ1n) is 6.30. The van der Waals surface area contributed by atoms with E-state index in [1.165, 1.54) is 0 Å². The van der Waals surface area contributed by atoms with Gasteiger partial charge in [0, 0.05) is 30.1 Å². The summed E-state index contributed by atoms with van der Waals surface area (Å²) in [6.07, 6.45) is 3.65. The fraction of sp³-hybridized carbons (Fsp3) is 0.286. The molecule has 1 aliphatic carbocycles. The van der Waals surface area contributed by atoms with Gasteiger partial charge in [-0.25, -0.2) is 5.48 Å². The number of nitrogens with zero attached hydrogens (tertiary/aromatic N) is 2. The Morgan fingerprint density at radius 1 is 1.40 bits per heavy atom. The van der Waals surface area contributed by atoms with Crippen LogP contribution < -0.4 is 5.48 Å². The summed E-state index contributed by atoms with van der Waals surface area (Å²) >= 11 is 6.01. The van der Waals surface area contributed by atoms with Gasteiger partial charge in [-0.1, -0.05) is 23.7 Å². The summed E-state index contributed by atoms with van der Waals surface area (Å²) in [7, 11) is 1.83. The average molecular weight is 292 g/mol. The zero-order chi connectivity index (χ0) is 14.3. The van der Waals surface area contributed by atoms with Crippen molar-refractivity contribution in [2.24, 2.45) is 13.0 Å². The Morgan fingerprint density at radius 2 is 2.15 bits per heavy atom. The molecule has 1 amide bonds. The molecule has 2 N–H and O–H groups in total. The molecular formula is C14H14ClN3O2. The molecule has 1 aromatic carbocycles. The van der Waals surface area contributed by atoms with E-state index in [-0.39, 0.29) is 23.7 Å². The highest BCUT2D eigenvalue weighted by molar-refractivity contribution is 6.30.